The topological polar surface area (TPSA) is 82.6 Å². The van der Waals surface area contributed by atoms with Crippen molar-refractivity contribution in [1.29, 1.82) is 0 Å². The zero-order valence-corrected chi connectivity index (χ0v) is 16.0. The van der Waals surface area contributed by atoms with Crippen LogP contribution in [0.2, 0.25) is 0 Å². The summed E-state index contributed by atoms with van der Waals surface area (Å²) in [5.41, 5.74) is 3.44. The Morgan fingerprint density at radius 1 is 0.966 bits per heavy atom. The van der Waals surface area contributed by atoms with Gasteiger partial charge in [-0.3, -0.25) is 0 Å². The lowest BCUT2D eigenvalue weighted by atomic mass is 10.0. The average Bonchev–Trinajstić information content (AvgIpc) is 3.52. The lowest BCUT2D eigenvalue weighted by Crippen LogP contribution is -2.26. The van der Waals surface area contributed by atoms with Gasteiger partial charge in [-0.15, -0.1) is 0 Å². The summed E-state index contributed by atoms with van der Waals surface area (Å²) in [7, 11) is 0. The van der Waals surface area contributed by atoms with E-state index in [1.807, 2.05) is 24.3 Å². The van der Waals surface area contributed by atoms with Crippen LogP contribution >= 0.6 is 0 Å². The number of benzene rings is 2. The van der Waals surface area contributed by atoms with Crippen LogP contribution in [0.3, 0.4) is 0 Å². The minimum atomic E-state index is 0.504. The number of H-pyrrole nitrogens is 1. The van der Waals surface area contributed by atoms with E-state index in [1.54, 1.807) is 0 Å². The predicted molar refractivity (Wildman–Crippen MR) is 113 cm³/mol. The first-order chi connectivity index (χ1) is 14.3. The quantitative estimate of drug-likeness (QED) is 0.542. The number of para-hydroxylation sites is 2. The molecule has 2 N–H and O–H groups in total. The van der Waals surface area contributed by atoms with Gasteiger partial charge in [-0.25, -0.2) is 10.1 Å². The van der Waals surface area contributed by atoms with Crippen LogP contribution in [-0.4, -0.2) is 31.7 Å². The molecule has 29 heavy (non-hydrogen) atoms. The van der Waals surface area contributed by atoms with E-state index in [0.717, 1.165) is 41.9 Å². The smallest absolute Gasteiger partial charge is 0.232 e. The summed E-state index contributed by atoms with van der Waals surface area (Å²) < 4.78 is 0. The molecule has 7 heteroatoms. The Kier molecular flexibility index (Phi) is 3.72. The summed E-state index contributed by atoms with van der Waals surface area (Å²) in [6.45, 7) is 0.906. The molecule has 1 saturated carbocycles. The number of aromatic nitrogens is 5. The van der Waals surface area contributed by atoms with Crippen molar-refractivity contribution >= 4 is 34.3 Å². The van der Waals surface area contributed by atoms with Gasteiger partial charge in [0.25, 0.3) is 0 Å². The molecule has 4 aromatic rings. The van der Waals surface area contributed by atoms with Gasteiger partial charge in [0.2, 0.25) is 11.9 Å². The van der Waals surface area contributed by atoms with Crippen molar-refractivity contribution in [2.75, 3.05) is 16.8 Å². The van der Waals surface area contributed by atoms with Crippen LogP contribution in [0, 0.1) is 0 Å². The molecule has 0 radical (unpaired) electrons. The maximum Gasteiger partial charge on any atom is 0.232 e. The fourth-order valence-electron chi connectivity index (χ4n) is 3.99. The van der Waals surface area contributed by atoms with E-state index in [1.165, 1.54) is 24.1 Å². The first-order valence-corrected chi connectivity index (χ1v) is 10.2. The summed E-state index contributed by atoms with van der Waals surface area (Å²) in [4.78, 5) is 16.6. The van der Waals surface area contributed by atoms with Gasteiger partial charge in [-0.2, -0.15) is 15.1 Å². The Hall–Kier alpha value is -3.48. The zero-order valence-electron chi connectivity index (χ0n) is 16.0. The average molecular weight is 383 g/mol. The van der Waals surface area contributed by atoms with Crippen LogP contribution < -0.4 is 10.2 Å². The molecular weight excluding hydrogens is 362 g/mol. The molecule has 3 heterocycles. The zero-order chi connectivity index (χ0) is 19.2. The maximum absolute atomic E-state index is 4.90. The second kappa shape index (κ2) is 6.55. The Labute approximate surface area is 168 Å². The van der Waals surface area contributed by atoms with Crippen molar-refractivity contribution < 1.29 is 0 Å². The summed E-state index contributed by atoms with van der Waals surface area (Å²) in [5.74, 6) is 3.47. The van der Waals surface area contributed by atoms with E-state index < -0.39 is 0 Å². The van der Waals surface area contributed by atoms with Gasteiger partial charge in [-0.05, 0) is 49.4 Å². The first-order valence-electron chi connectivity index (χ1n) is 10.2. The second-order valence-electron chi connectivity index (χ2n) is 7.71. The van der Waals surface area contributed by atoms with E-state index in [4.69, 9.17) is 9.97 Å². The third-order valence-electron chi connectivity index (χ3n) is 5.63. The van der Waals surface area contributed by atoms with E-state index >= 15 is 0 Å². The number of hydrogen-bond acceptors (Lipinski definition) is 6. The second-order valence-corrected chi connectivity index (χ2v) is 7.71. The van der Waals surface area contributed by atoms with Crippen LogP contribution in [0.15, 0.2) is 48.5 Å². The van der Waals surface area contributed by atoms with Gasteiger partial charge < -0.3 is 10.2 Å². The highest BCUT2D eigenvalue weighted by atomic mass is 15.3. The van der Waals surface area contributed by atoms with Gasteiger partial charge in [0.05, 0.1) is 5.52 Å². The lowest BCUT2D eigenvalue weighted by Gasteiger charge is -2.29. The van der Waals surface area contributed by atoms with Gasteiger partial charge >= 0.3 is 0 Å². The molecule has 0 atom stereocenters. The van der Waals surface area contributed by atoms with Crippen LogP contribution in [0.25, 0.3) is 10.9 Å². The third kappa shape index (κ3) is 2.99. The molecule has 2 aromatic carbocycles. The molecule has 6 rings (SSSR count). The number of nitrogens with zero attached hydrogens (tertiary/aromatic N) is 5. The molecule has 1 aliphatic heterocycles. The van der Waals surface area contributed by atoms with Gasteiger partial charge in [-0.1, -0.05) is 30.3 Å². The normalized spacial score (nSPS) is 16.1. The predicted octanol–water partition coefficient (Wildman–Crippen LogP) is 4.45. The standard InChI is InChI=1S/C22H21N7/c1-4-10-18-14(6-1)7-5-13-29(18)22-23-17-9-3-2-8-16(17)20(26-22)25-21-24-19(27-28-21)15-11-12-15/h1-4,6,8-10,15H,5,7,11-13H2,(H2,23,24,25,26,27,28). The van der Waals surface area contributed by atoms with Crippen molar-refractivity contribution in [2.45, 2.75) is 31.6 Å². The highest BCUT2D eigenvalue weighted by Crippen LogP contribution is 2.38. The van der Waals surface area contributed by atoms with E-state index in [2.05, 4.69) is 49.7 Å². The van der Waals surface area contributed by atoms with Crippen molar-refractivity contribution in [2.24, 2.45) is 0 Å². The molecule has 0 saturated heterocycles. The van der Waals surface area contributed by atoms with Gasteiger partial charge in [0, 0.05) is 23.5 Å². The third-order valence-corrected chi connectivity index (χ3v) is 5.63. The molecule has 144 valence electrons. The number of aryl methyl sites for hydroxylation is 1. The molecule has 0 amide bonds. The SMILES string of the molecule is c1ccc2c(c1)CCCN2c1nc(Nc2nc(C3CC3)n[nH]2)c2ccccc2n1. The molecule has 0 spiro atoms. The molecule has 0 bridgehead atoms. The molecule has 1 fully saturated rings. The number of aromatic amines is 1. The van der Waals surface area contributed by atoms with E-state index in [-0.39, 0.29) is 0 Å². The molecular formula is C22H21N7. The van der Waals surface area contributed by atoms with Crippen molar-refractivity contribution in [3.63, 3.8) is 0 Å². The largest absolute Gasteiger partial charge is 0.310 e. The molecule has 1 aliphatic carbocycles. The first kappa shape index (κ1) is 16.5. The van der Waals surface area contributed by atoms with Crippen LogP contribution in [-0.2, 0) is 6.42 Å². The Bertz CT molecular complexity index is 1190. The van der Waals surface area contributed by atoms with Crippen molar-refractivity contribution in [3.05, 3.63) is 59.9 Å². The molecule has 7 nitrogen and oxygen atoms in total. The van der Waals surface area contributed by atoms with Crippen LogP contribution in [0.5, 0.6) is 0 Å². The number of hydrogen-bond donors (Lipinski definition) is 2. The summed E-state index contributed by atoms with van der Waals surface area (Å²) in [6, 6.07) is 16.6. The van der Waals surface area contributed by atoms with Gasteiger partial charge in [0.15, 0.2) is 5.82 Å². The maximum atomic E-state index is 4.90. The monoisotopic (exact) mass is 383 g/mol. The molecule has 2 aromatic heterocycles. The van der Waals surface area contributed by atoms with E-state index in [0.29, 0.717) is 17.8 Å². The highest BCUT2D eigenvalue weighted by molar-refractivity contribution is 5.91. The van der Waals surface area contributed by atoms with Crippen molar-refractivity contribution in [1.82, 2.24) is 25.1 Å². The molecule has 2 aliphatic rings. The van der Waals surface area contributed by atoms with Gasteiger partial charge in [0.1, 0.15) is 5.82 Å². The summed E-state index contributed by atoms with van der Waals surface area (Å²) in [5, 5.41) is 11.7. The lowest BCUT2D eigenvalue weighted by molar-refractivity contribution is 0.752. The molecule has 0 unspecified atom stereocenters. The number of nitrogens with one attached hydrogen (secondary N) is 2. The Morgan fingerprint density at radius 3 is 2.76 bits per heavy atom. The fourth-order valence-corrected chi connectivity index (χ4v) is 3.99. The fraction of sp³-hybridized carbons (Fsp3) is 0.273. The summed E-state index contributed by atoms with van der Waals surface area (Å²) >= 11 is 0. The number of fused-ring (bicyclic) bond motifs is 2. The minimum absolute atomic E-state index is 0.504. The van der Waals surface area contributed by atoms with Crippen LogP contribution in [0.4, 0.5) is 23.4 Å². The highest BCUT2D eigenvalue weighted by Gasteiger charge is 2.28. The van der Waals surface area contributed by atoms with Crippen molar-refractivity contribution in [3.8, 4) is 0 Å². The Morgan fingerprint density at radius 2 is 1.83 bits per heavy atom. The van der Waals surface area contributed by atoms with E-state index in [9.17, 15) is 0 Å². The van der Waals surface area contributed by atoms with Crippen LogP contribution in [0.1, 0.15) is 36.6 Å². The number of anilines is 4. The minimum Gasteiger partial charge on any atom is -0.310 e. The Balaban J connectivity index is 1.43. The number of rotatable bonds is 4. The summed E-state index contributed by atoms with van der Waals surface area (Å²) in [6.07, 6.45) is 4.52.